The summed E-state index contributed by atoms with van der Waals surface area (Å²) in [6.45, 7) is 0. The molecule has 4 nitrogen and oxygen atoms in total. The van der Waals surface area contributed by atoms with Gasteiger partial charge in [0.25, 0.3) is 0 Å². The quantitative estimate of drug-likeness (QED) is 0.684. The molecule has 0 saturated heterocycles. The van der Waals surface area contributed by atoms with E-state index in [4.69, 9.17) is 9.84 Å². The van der Waals surface area contributed by atoms with Crippen LogP contribution in [0.5, 0.6) is 0 Å². The van der Waals surface area contributed by atoms with Crippen LogP contribution in [0.15, 0.2) is 36.4 Å². The Labute approximate surface area is 124 Å². The summed E-state index contributed by atoms with van der Waals surface area (Å²) in [7, 11) is 0. The molecule has 1 aliphatic carbocycles. The first-order chi connectivity index (χ1) is 10.2. The number of rotatable bonds is 4. The number of carboxylic acid groups (broad SMARTS) is 1. The number of benzene rings is 1. The minimum atomic E-state index is -4.42. The molecule has 2 rings (SSSR count). The molecule has 118 valence electrons. The van der Waals surface area contributed by atoms with E-state index in [1.54, 1.807) is 0 Å². The van der Waals surface area contributed by atoms with E-state index in [9.17, 15) is 22.8 Å². The van der Waals surface area contributed by atoms with Crippen LogP contribution in [0.4, 0.5) is 13.2 Å². The highest BCUT2D eigenvalue weighted by Crippen LogP contribution is 2.45. The first-order valence-corrected chi connectivity index (χ1v) is 6.55. The zero-order valence-electron chi connectivity index (χ0n) is 11.4. The number of hydrogen-bond acceptors (Lipinski definition) is 3. The van der Waals surface area contributed by atoms with Crippen LogP contribution in [-0.2, 0) is 26.1 Å². The minimum Gasteiger partial charge on any atom is -0.478 e. The number of carbonyl (C=O) groups excluding carboxylic acids is 1. The number of ether oxygens (including phenoxy) is 1. The highest BCUT2D eigenvalue weighted by Gasteiger charge is 2.42. The van der Waals surface area contributed by atoms with Gasteiger partial charge in [0.2, 0.25) is 0 Å². The van der Waals surface area contributed by atoms with Gasteiger partial charge in [-0.25, -0.2) is 9.59 Å². The number of halogens is 3. The summed E-state index contributed by atoms with van der Waals surface area (Å²) in [5, 5.41) is 8.45. The summed E-state index contributed by atoms with van der Waals surface area (Å²) in [5.74, 6) is -2.11. The van der Waals surface area contributed by atoms with Crippen molar-refractivity contribution < 1.29 is 32.6 Å². The molecule has 1 aromatic rings. The molecule has 0 heterocycles. The molecule has 22 heavy (non-hydrogen) atoms. The first-order valence-electron chi connectivity index (χ1n) is 6.55. The highest BCUT2D eigenvalue weighted by molar-refractivity contribution is 5.91. The molecule has 0 spiro atoms. The Morgan fingerprint density at radius 1 is 1.14 bits per heavy atom. The third kappa shape index (κ3) is 3.47. The summed E-state index contributed by atoms with van der Waals surface area (Å²) in [6.07, 6.45) is -1.23. The van der Waals surface area contributed by atoms with Gasteiger partial charge >= 0.3 is 18.1 Å². The number of alkyl halides is 3. The second-order valence-corrected chi connectivity index (χ2v) is 5.02. The molecule has 1 aliphatic rings. The van der Waals surface area contributed by atoms with Crippen LogP contribution in [0.2, 0.25) is 0 Å². The molecule has 1 N–H and O–H groups in total. The monoisotopic (exact) mass is 314 g/mol. The van der Waals surface area contributed by atoms with Crippen molar-refractivity contribution in [3.8, 4) is 0 Å². The maximum Gasteiger partial charge on any atom is 0.416 e. The number of aliphatic carboxylic acids is 1. The summed E-state index contributed by atoms with van der Waals surface area (Å²) >= 11 is 0. The lowest BCUT2D eigenvalue weighted by atomic mass is 9.74. The standard InChI is InChI=1S/C15H13F3O4/c16-15(17,18)11-4-2-10(3-5-11)14(8-1-9-14)22-13(21)7-6-12(19)20/h2-7H,1,8-9H2,(H,19,20)/b7-6+. The fourth-order valence-electron chi connectivity index (χ4n) is 2.28. The van der Waals surface area contributed by atoms with Crippen LogP contribution in [0.25, 0.3) is 0 Å². The molecule has 0 unspecified atom stereocenters. The summed E-state index contributed by atoms with van der Waals surface area (Å²) < 4.78 is 42.9. The number of carbonyl (C=O) groups is 2. The number of esters is 1. The van der Waals surface area contributed by atoms with E-state index in [1.165, 1.54) is 12.1 Å². The lowest BCUT2D eigenvalue weighted by Crippen LogP contribution is -2.38. The van der Waals surface area contributed by atoms with Crippen molar-refractivity contribution in [2.75, 3.05) is 0 Å². The Bertz CT molecular complexity index is 598. The van der Waals surface area contributed by atoms with E-state index in [0.29, 0.717) is 24.5 Å². The summed E-state index contributed by atoms with van der Waals surface area (Å²) in [5.41, 5.74) is -1.27. The Morgan fingerprint density at radius 3 is 2.14 bits per heavy atom. The van der Waals surface area contributed by atoms with Crippen molar-refractivity contribution in [2.24, 2.45) is 0 Å². The third-order valence-corrected chi connectivity index (χ3v) is 3.56. The smallest absolute Gasteiger partial charge is 0.416 e. The predicted molar refractivity (Wildman–Crippen MR) is 69.8 cm³/mol. The van der Waals surface area contributed by atoms with E-state index < -0.39 is 29.3 Å². The Morgan fingerprint density at radius 2 is 1.73 bits per heavy atom. The largest absolute Gasteiger partial charge is 0.478 e. The highest BCUT2D eigenvalue weighted by atomic mass is 19.4. The van der Waals surface area contributed by atoms with Gasteiger partial charge in [0, 0.05) is 12.2 Å². The van der Waals surface area contributed by atoms with Crippen LogP contribution < -0.4 is 0 Å². The van der Waals surface area contributed by atoms with Crippen molar-refractivity contribution >= 4 is 11.9 Å². The van der Waals surface area contributed by atoms with Crippen molar-refractivity contribution in [3.05, 3.63) is 47.5 Å². The minimum absolute atomic E-state index is 0.476. The van der Waals surface area contributed by atoms with Crippen molar-refractivity contribution in [3.63, 3.8) is 0 Å². The molecule has 0 atom stereocenters. The SMILES string of the molecule is O=C(O)/C=C/C(=O)OC1(c2ccc(C(F)(F)F)cc2)CCC1. The molecule has 1 fully saturated rings. The van der Waals surface area contributed by atoms with Crippen molar-refractivity contribution in [1.29, 1.82) is 0 Å². The van der Waals surface area contributed by atoms with E-state index in [-0.39, 0.29) is 0 Å². The van der Waals surface area contributed by atoms with E-state index >= 15 is 0 Å². The van der Waals surface area contributed by atoms with Crippen molar-refractivity contribution in [1.82, 2.24) is 0 Å². The van der Waals surface area contributed by atoms with Gasteiger partial charge in [-0.2, -0.15) is 13.2 Å². The normalized spacial score (nSPS) is 17.0. The molecule has 0 bridgehead atoms. The Kier molecular flexibility index (Phi) is 4.25. The lowest BCUT2D eigenvalue weighted by molar-refractivity contribution is -0.165. The van der Waals surface area contributed by atoms with Crippen LogP contribution in [-0.4, -0.2) is 17.0 Å². The average Bonchev–Trinajstić information content (AvgIpc) is 2.40. The Hall–Kier alpha value is -2.31. The maximum absolute atomic E-state index is 12.5. The first kappa shape index (κ1) is 16.1. The summed E-state index contributed by atoms with van der Waals surface area (Å²) in [6, 6.07) is 4.46. The van der Waals surface area contributed by atoms with Crippen molar-refractivity contribution in [2.45, 2.75) is 31.0 Å². The van der Waals surface area contributed by atoms with Crippen LogP contribution >= 0.6 is 0 Å². The molecule has 1 saturated carbocycles. The molecule has 7 heteroatoms. The van der Waals surface area contributed by atoms with Gasteiger partial charge in [-0.3, -0.25) is 0 Å². The maximum atomic E-state index is 12.5. The zero-order chi connectivity index (χ0) is 16.4. The van der Waals surface area contributed by atoms with Crippen LogP contribution in [0, 0.1) is 0 Å². The van der Waals surface area contributed by atoms with Gasteiger partial charge < -0.3 is 9.84 Å². The Balaban J connectivity index is 2.17. The fourth-order valence-corrected chi connectivity index (χ4v) is 2.28. The topological polar surface area (TPSA) is 63.6 Å². The molecular weight excluding hydrogens is 301 g/mol. The predicted octanol–water partition coefficient (Wildman–Crippen LogP) is 3.27. The fraction of sp³-hybridized carbons (Fsp3) is 0.333. The van der Waals surface area contributed by atoms with Crippen LogP contribution in [0.3, 0.4) is 0 Å². The lowest BCUT2D eigenvalue weighted by Gasteiger charge is -2.41. The zero-order valence-corrected chi connectivity index (χ0v) is 11.4. The molecule has 0 radical (unpaired) electrons. The number of carboxylic acids is 1. The third-order valence-electron chi connectivity index (χ3n) is 3.56. The van der Waals surface area contributed by atoms with Gasteiger partial charge in [0.1, 0.15) is 5.60 Å². The van der Waals surface area contributed by atoms with Crippen LogP contribution in [0.1, 0.15) is 30.4 Å². The van der Waals surface area contributed by atoms with Gasteiger partial charge in [0.15, 0.2) is 0 Å². The molecule has 0 aromatic heterocycles. The molecular formula is C15H13F3O4. The van der Waals surface area contributed by atoms with Gasteiger partial charge in [0.05, 0.1) is 5.56 Å². The van der Waals surface area contributed by atoms with Gasteiger partial charge in [-0.05, 0) is 37.0 Å². The average molecular weight is 314 g/mol. The van der Waals surface area contributed by atoms with Gasteiger partial charge in [-0.1, -0.05) is 12.1 Å². The van der Waals surface area contributed by atoms with E-state index in [0.717, 1.165) is 24.6 Å². The van der Waals surface area contributed by atoms with Gasteiger partial charge in [-0.15, -0.1) is 0 Å². The number of hydrogen-bond donors (Lipinski definition) is 1. The second-order valence-electron chi connectivity index (χ2n) is 5.02. The van der Waals surface area contributed by atoms with E-state index in [2.05, 4.69) is 0 Å². The second kappa shape index (κ2) is 5.82. The molecule has 1 aromatic carbocycles. The summed E-state index contributed by atoms with van der Waals surface area (Å²) in [4.78, 5) is 22.0. The van der Waals surface area contributed by atoms with E-state index in [1.807, 2.05) is 0 Å². The molecule has 0 aliphatic heterocycles. The molecule has 0 amide bonds.